The van der Waals surface area contributed by atoms with Crippen molar-refractivity contribution in [3.8, 4) is 0 Å². The largest absolute Gasteiger partial charge is 0.452 e. The molecule has 25 heavy (non-hydrogen) atoms. The molecular weight excluding hydrogens is 374 g/mol. The predicted molar refractivity (Wildman–Crippen MR) is 93.1 cm³/mol. The van der Waals surface area contributed by atoms with E-state index in [0.717, 1.165) is 0 Å². The molecule has 0 spiro atoms. The zero-order valence-electron chi connectivity index (χ0n) is 12.7. The van der Waals surface area contributed by atoms with E-state index in [0.29, 0.717) is 16.8 Å². The Morgan fingerprint density at radius 3 is 2.64 bits per heavy atom. The summed E-state index contributed by atoms with van der Waals surface area (Å²) in [5.41, 5.74) is 6.06. The van der Waals surface area contributed by atoms with E-state index < -0.39 is 24.2 Å². The van der Waals surface area contributed by atoms with Gasteiger partial charge in [0.25, 0.3) is 11.7 Å². The zero-order valence-corrected chi connectivity index (χ0v) is 14.2. The Balaban J connectivity index is 1.96. The molecule has 1 amide bonds. The number of hydrogen-bond donors (Lipinski definition) is 2. The molecule has 0 aliphatic carbocycles. The number of nitrogen functional groups attached to an aromatic ring is 1. The Bertz CT molecular complexity index is 790. The van der Waals surface area contributed by atoms with Crippen LogP contribution in [0.15, 0.2) is 47.4 Å². The van der Waals surface area contributed by atoms with Crippen molar-refractivity contribution >= 4 is 46.6 Å². The maximum Gasteiger partial charge on any atom is 0.340 e. The summed E-state index contributed by atoms with van der Waals surface area (Å²) in [6.45, 7) is -0.589. The van der Waals surface area contributed by atoms with Crippen molar-refractivity contribution in [2.45, 2.75) is 10.7 Å². The topological polar surface area (TPSA) is 81.4 Å². The van der Waals surface area contributed by atoms with Gasteiger partial charge in [-0.25, -0.2) is 4.79 Å². The first-order chi connectivity index (χ1) is 11.9. The predicted octanol–water partition coefficient (Wildman–Crippen LogP) is 4.03. The third-order valence-electron chi connectivity index (χ3n) is 2.95. The molecule has 0 aliphatic heterocycles. The maximum absolute atomic E-state index is 12.5. The van der Waals surface area contributed by atoms with E-state index in [1.54, 1.807) is 12.1 Å². The van der Waals surface area contributed by atoms with Crippen LogP contribution in [0.3, 0.4) is 0 Å². The molecule has 2 aromatic rings. The van der Waals surface area contributed by atoms with Gasteiger partial charge in [0.15, 0.2) is 6.61 Å². The van der Waals surface area contributed by atoms with E-state index in [1.165, 1.54) is 30.3 Å². The van der Waals surface area contributed by atoms with Crippen molar-refractivity contribution in [2.75, 3.05) is 17.7 Å². The van der Waals surface area contributed by atoms with Crippen LogP contribution in [0.2, 0.25) is 5.02 Å². The second-order valence-corrected chi connectivity index (χ2v) is 6.20. The van der Waals surface area contributed by atoms with Crippen LogP contribution < -0.4 is 11.1 Å². The van der Waals surface area contributed by atoms with Crippen LogP contribution >= 0.6 is 23.4 Å². The first-order valence-corrected chi connectivity index (χ1v) is 8.18. The smallest absolute Gasteiger partial charge is 0.340 e. The number of benzene rings is 2. The van der Waals surface area contributed by atoms with Gasteiger partial charge in [0.2, 0.25) is 0 Å². The minimum atomic E-state index is -2.62. The highest BCUT2D eigenvalue weighted by Gasteiger charge is 2.15. The van der Waals surface area contributed by atoms with Gasteiger partial charge < -0.3 is 15.8 Å². The van der Waals surface area contributed by atoms with Crippen LogP contribution in [-0.4, -0.2) is 24.2 Å². The summed E-state index contributed by atoms with van der Waals surface area (Å²) in [6, 6.07) is 10.3. The number of carbonyl (C=O) groups excluding carboxylic acids is 2. The molecule has 0 aromatic heterocycles. The van der Waals surface area contributed by atoms with E-state index in [9.17, 15) is 18.4 Å². The minimum absolute atomic E-state index is 0.0749. The average molecular weight is 387 g/mol. The van der Waals surface area contributed by atoms with Crippen LogP contribution in [-0.2, 0) is 9.53 Å². The molecule has 2 aromatic carbocycles. The molecule has 0 fully saturated rings. The highest BCUT2D eigenvalue weighted by atomic mass is 35.5. The van der Waals surface area contributed by atoms with E-state index in [4.69, 9.17) is 22.1 Å². The van der Waals surface area contributed by atoms with Crippen LogP contribution in [0, 0.1) is 0 Å². The number of alkyl halides is 2. The lowest BCUT2D eigenvalue weighted by Gasteiger charge is -2.11. The third kappa shape index (κ3) is 5.61. The molecule has 0 atom stereocenters. The average Bonchev–Trinajstić information content (AvgIpc) is 2.54. The molecule has 0 unspecified atom stereocenters. The van der Waals surface area contributed by atoms with Gasteiger partial charge in [-0.3, -0.25) is 4.79 Å². The highest BCUT2D eigenvalue weighted by molar-refractivity contribution is 7.99. The number of esters is 1. The maximum atomic E-state index is 12.5. The summed E-state index contributed by atoms with van der Waals surface area (Å²) in [7, 11) is 0. The molecule has 0 saturated carbocycles. The Labute approximate surface area is 151 Å². The summed E-state index contributed by atoms with van der Waals surface area (Å²) in [5.74, 6) is -4.08. The standard InChI is InChI=1S/C16H13ClF2N2O3S/c17-9-5-6-10(11(20)7-9)15(23)24-8-14(22)21-12-3-1-2-4-13(12)25-16(18)19/h1-7,16H,8,20H2,(H,21,22). The number of halogens is 3. The van der Waals surface area contributed by atoms with Gasteiger partial charge >= 0.3 is 5.97 Å². The molecule has 0 saturated heterocycles. The first kappa shape index (κ1) is 19.0. The van der Waals surface area contributed by atoms with Crippen LogP contribution in [0.25, 0.3) is 0 Å². The van der Waals surface area contributed by atoms with Gasteiger partial charge in [0, 0.05) is 15.6 Å². The SMILES string of the molecule is Nc1cc(Cl)ccc1C(=O)OCC(=O)Nc1ccccc1SC(F)F. The monoisotopic (exact) mass is 386 g/mol. The number of nitrogens with two attached hydrogens (primary N) is 1. The number of thioether (sulfide) groups is 1. The van der Waals surface area contributed by atoms with E-state index in [-0.39, 0.29) is 21.8 Å². The lowest BCUT2D eigenvalue weighted by Crippen LogP contribution is -2.21. The summed E-state index contributed by atoms with van der Waals surface area (Å²) < 4.78 is 29.9. The Morgan fingerprint density at radius 2 is 1.96 bits per heavy atom. The van der Waals surface area contributed by atoms with E-state index in [1.807, 2.05) is 0 Å². The van der Waals surface area contributed by atoms with Gasteiger partial charge in [-0.05, 0) is 30.3 Å². The molecule has 0 radical (unpaired) electrons. The Hall–Kier alpha value is -2.32. The van der Waals surface area contributed by atoms with Gasteiger partial charge in [-0.15, -0.1) is 0 Å². The van der Waals surface area contributed by atoms with Crippen molar-refractivity contribution < 1.29 is 23.1 Å². The number of rotatable bonds is 6. The molecule has 0 aliphatic rings. The first-order valence-electron chi connectivity index (χ1n) is 6.92. The number of hydrogen-bond acceptors (Lipinski definition) is 5. The number of ether oxygens (including phenoxy) is 1. The quantitative estimate of drug-likeness (QED) is 0.445. The Morgan fingerprint density at radius 1 is 1.24 bits per heavy atom. The fraction of sp³-hybridized carbons (Fsp3) is 0.125. The van der Waals surface area contributed by atoms with Crippen molar-refractivity contribution in [1.82, 2.24) is 0 Å². The van der Waals surface area contributed by atoms with Crippen LogP contribution in [0.4, 0.5) is 20.2 Å². The summed E-state index contributed by atoms with van der Waals surface area (Å²) in [5, 5.41) is 2.78. The molecule has 3 N–H and O–H groups in total. The third-order valence-corrected chi connectivity index (χ3v) is 3.97. The summed E-state index contributed by atoms with van der Waals surface area (Å²) in [4.78, 5) is 24.0. The minimum Gasteiger partial charge on any atom is -0.452 e. The van der Waals surface area contributed by atoms with Crippen LogP contribution in [0.1, 0.15) is 10.4 Å². The summed E-state index contributed by atoms with van der Waals surface area (Å²) >= 11 is 6.05. The van der Waals surface area contributed by atoms with Gasteiger partial charge in [0.05, 0.1) is 11.3 Å². The highest BCUT2D eigenvalue weighted by Crippen LogP contribution is 2.31. The molecule has 132 valence electrons. The van der Waals surface area contributed by atoms with E-state index in [2.05, 4.69) is 5.32 Å². The lowest BCUT2D eigenvalue weighted by molar-refractivity contribution is -0.119. The Kier molecular flexibility index (Phi) is 6.60. The fourth-order valence-corrected chi connectivity index (χ4v) is 2.66. The van der Waals surface area contributed by atoms with E-state index >= 15 is 0 Å². The number of amides is 1. The fourth-order valence-electron chi connectivity index (χ4n) is 1.88. The molecular formula is C16H13ClF2N2O3S. The van der Waals surface area contributed by atoms with Gasteiger partial charge in [-0.1, -0.05) is 35.5 Å². The summed E-state index contributed by atoms with van der Waals surface area (Å²) in [6.07, 6.45) is 0. The van der Waals surface area contributed by atoms with Crippen molar-refractivity contribution in [3.05, 3.63) is 53.1 Å². The van der Waals surface area contributed by atoms with Crippen molar-refractivity contribution in [3.63, 3.8) is 0 Å². The van der Waals surface area contributed by atoms with Gasteiger partial charge in [-0.2, -0.15) is 8.78 Å². The number of anilines is 2. The molecule has 0 bridgehead atoms. The van der Waals surface area contributed by atoms with Crippen molar-refractivity contribution in [1.29, 1.82) is 0 Å². The molecule has 0 heterocycles. The number of para-hydroxylation sites is 1. The van der Waals surface area contributed by atoms with Crippen molar-refractivity contribution in [2.24, 2.45) is 0 Å². The van der Waals surface area contributed by atoms with Crippen LogP contribution in [0.5, 0.6) is 0 Å². The lowest BCUT2D eigenvalue weighted by atomic mass is 10.2. The van der Waals surface area contributed by atoms with Gasteiger partial charge in [0.1, 0.15) is 0 Å². The molecule has 9 heteroatoms. The number of nitrogens with one attached hydrogen (secondary N) is 1. The second-order valence-electron chi connectivity index (χ2n) is 4.73. The second kappa shape index (κ2) is 8.68. The molecule has 2 rings (SSSR count). The molecule has 5 nitrogen and oxygen atoms in total. The zero-order chi connectivity index (χ0) is 18.4. The normalized spacial score (nSPS) is 10.6. The number of carbonyl (C=O) groups is 2.